The van der Waals surface area contributed by atoms with E-state index < -0.39 is 0 Å². The molecule has 0 radical (unpaired) electrons. The molecule has 0 bridgehead atoms. The molecule has 0 aliphatic carbocycles. The summed E-state index contributed by atoms with van der Waals surface area (Å²) in [6.45, 7) is 12.6. The molecule has 0 spiro atoms. The van der Waals surface area contributed by atoms with E-state index in [9.17, 15) is 0 Å². The summed E-state index contributed by atoms with van der Waals surface area (Å²) in [6, 6.07) is 4.35. The lowest BCUT2D eigenvalue weighted by Gasteiger charge is -2.20. The standard InChI is InChI=1S/C17H26N4OS/c1-17(2,3)16-18-15(22-19-16)13-21-8-5-7-20(9-10-21)12-14-6-4-11-23-14/h4,6,11H,5,7-10,12-13H2,1-3H3. The minimum absolute atomic E-state index is 0.0575. The Morgan fingerprint density at radius 1 is 1.13 bits per heavy atom. The average molecular weight is 334 g/mol. The molecule has 0 amide bonds. The van der Waals surface area contributed by atoms with Gasteiger partial charge < -0.3 is 4.52 Å². The maximum atomic E-state index is 5.43. The van der Waals surface area contributed by atoms with Gasteiger partial charge in [0.05, 0.1) is 6.54 Å². The van der Waals surface area contributed by atoms with E-state index in [1.165, 1.54) is 11.3 Å². The summed E-state index contributed by atoms with van der Waals surface area (Å²) in [7, 11) is 0. The van der Waals surface area contributed by atoms with Gasteiger partial charge in [0.15, 0.2) is 5.82 Å². The van der Waals surface area contributed by atoms with Crippen LogP contribution in [0.2, 0.25) is 0 Å². The van der Waals surface area contributed by atoms with Crippen molar-refractivity contribution >= 4 is 11.3 Å². The zero-order valence-electron chi connectivity index (χ0n) is 14.3. The highest BCUT2D eigenvalue weighted by Crippen LogP contribution is 2.19. The number of hydrogen-bond acceptors (Lipinski definition) is 6. The van der Waals surface area contributed by atoms with E-state index >= 15 is 0 Å². The summed E-state index contributed by atoms with van der Waals surface area (Å²) in [5.41, 5.74) is -0.0575. The van der Waals surface area contributed by atoms with Crippen LogP contribution < -0.4 is 0 Å². The third-order valence-electron chi connectivity index (χ3n) is 4.14. The van der Waals surface area contributed by atoms with Crippen molar-refractivity contribution < 1.29 is 4.52 Å². The van der Waals surface area contributed by atoms with Gasteiger partial charge in [-0.05, 0) is 31.0 Å². The van der Waals surface area contributed by atoms with Crippen LogP contribution in [0.1, 0.15) is 43.8 Å². The molecule has 6 heteroatoms. The highest BCUT2D eigenvalue weighted by atomic mass is 32.1. The molecule has 3 rings (SSSR count). The van der Waals surface area contributed by atoms with Crippen LogP contribution >= 0.6 is 11.3 Å². The normalized spacial score (nSPS) is 18.2. The second-order valence-electron chi connectivity index (χ2n) is 7.25. The van der Waals surface area contributed by atoms with Crippen LogP contribution in [-0.2, 0) is 18.5 Å². The average Bonchev–Trinajstić information content (AvgIpc) is 3.10. The number of hydrogen-bond donors (Lipinski definition) is 0. The van der Waals surface area contributed by atoms with Gasteiger partial charge in [-0.1, -0.05) is 32.0 Å². The Hall–Kier alpha value is -1.24. The van der Waals surface area contributed by atoms with Crippen molar-refractivity contribution in [1.29, 1.82) is 0 Å². The number of thiophene rings is 1. The molecule has 1 aliphatic heterocycles. The predicted molar refractivity (Wildman–Crippen MR) is 92.5 cm³/mol. The first kappa shape index (κ1) is 16.6. The smallest absolute Gasteiger partial charge is 0.240 e. The molecular weight excluding hydrogens is 308 g/mol. The van der Waals surface area contributed by atoms with Crippen LogP contribution in [-0.4, -0.2) is 46.1 Å². The second kappa shape index (κ2) is 7.11. The molecule has 126 valence electrons. The molecular formula is C17H26N4OS. The van der Waals surface area contributed by atoms with Crippen molar-refractivity contribution in [1.82, 2.24) is 19.9 Å². The fourth-order valence-electron chi connectivity index (χ4n) is 2.78. The molecule has 0 saturated carbocycles. The second-order valence-corrected chi connectivity index (χ2v) is 8.28. The lowest BCUT2D eigenvalue weighted by Crippen LogP contribution is -2.30. The molecule has 1 saturated heterocycles. The number of nitrogens with zero attached hydrogens (tertiary/aromatic N) is 4. The first-order chi connectivity index (χ1) is 11.0. The van der Waals surface area contributed by atoms with Crippen molar-refractivity contribution in [3.8, 4) is 0 Å². The lowest BCUT2D eigenvalue weighted by molar-refractivity contribution is 0.222. The van der Waals surface area contributed by atoms with Gasteiger partial charge in [0, 0.05) is 29.9 Å². The van der Waals surface area contributed by atoms with Gasteiger partial charge >= 0.3 is 0 Å². The maximum Gasteiger partial charge on any atom is 0.240 e. The Bertz CT molecular complexity index is 602. The zero-order valence-corrected chi connectivity index (χ0v) is 15.1. The molecule has 5 nitrogen and oxygen atoms in total. The van der Waals surface area contributed by atoms with E-state index in [0.717, 1.165) is 51.0 Å². The van der Waals surface area contributed by atoms with Crippen molar-refractivity contribution in [2.24, 2.45) is 0 Å². The molecule has 1 aliphatic rings. The molecule has 2 aromatic heterocycles. The first-order valence-corrected chi connectivity index (χ1v) is 9.19. The van der Waals surface area contributed by atoms with Gasteiger partial charge in [0.1, 0.15) is 0 Å². The topological polar surface area (TPSA) is 45.4 Å². The lowest BCUT2D eigenvalue weighted by atomic mass is 9.96. The molecule has 3 heterocycles. The fourth-order valence-corrected chi connectivity index (χ4v) is 3.52. The summed E-state index contributed by atoms with van der Waals surface area (Å²) >= 11 is 1.84. The van der Waals surface area contributed by atoms with Crippen molar-refractivity contribution in [2.45, 2.75) is 45.7 Å². The third-order valence-corrected chi connectivity index (χ3v) is 5.00. The Morgan fingerprint density at radius 2 is 1.87 bits per heavy atom. The third kappa shape index (κ3) is 4.62. The van der Waals surface area contributed by atoms with E-state index in [-0.39, 0.29) is 5.41 Å². The van der Waals surface area contributed by atoms with Gasteiger partial charge in [-0.3, -0.25) is 9.80 Å². The van der Waals surface area contributed by atoms with E-state index in [1.54, 1.807) is 0 Å². The number of aromatic nitrogens is 2. The van der Waals surface area contributed by atoms with Crippen LogP contribution in [0.25, 0.3) is 0 Å². The summed E-state index contributed by atoms with van der Waals surface area (Å²) in [5, 5.41) is 6.27. The monoisotopic (exact) mass is 334 g/mol. The number of rotatable bonds is 4. The van der Waals surface area contributed by atoms with Gasteiger partial charge in [-0.15, -0.1) is 11.3 Å². The van der Waals surface area contributed by atoms with Crippen LogP contribution in [0.3, 0.4) is 0 Å². The van der Waals surface area contributed by atoms with E-state index in [0.29, 0.717) is 0 Å². The summed E-state index contributed by atoms with van der Waals surface area (Å²) in [6.07, 6.45) is 1.19. The van der Waals surface area contributed by atoms with E-state index in [2.05, 4.69) is 58.2 Å². The largest absolute Gasteiger partial charge is 0.338 e. The molecule has 23 heavy (non-hydrogen) atoms. The Labute approximate surface area is 142 Å². The minimum Gasteiger partial charge on any atom is -0.338 e. The van der Waals surface area contributed by atoms with Crippen molar-refractivity contribution in [3.05, 3.63) is 34.1 Å². The van der Waals surface area contributed by atoms with Crippen LogP contribution in [0.5, 0.6) is 0 Å². The van der Waals surface area contributed by atoms with Gasteiger partial charge in [0.25, 0.3) is 0 Å². The zero-order chi connectivity index (χ0) is 16.3. The van der Waals surface area contributed by atoms with E-state index in [1.807, 2.05) is 11.3 Å². The Morgan fingerprint density at radius 3 is 2.48 bits per heavy atom. The SMILES string of the molecule is CC(C)(C)c1noc(CN2CCCN(Cc3cccs3)CC2)n1. The fraction of sp³-hybridized carbons (Fsp3) is 0.647. The molecule has 0 unspecified atom stereocenters. The maximum absolute atomic E-state index is 5.43. The Balaban J connectivity index is 1.53. The summed E-state index contributed by atoms with van der Waals surface area (Å²) in [5.74, 6) is 1.53. The molecule has 0 N–H and O–H groups in total. The molecule has 2 aromatic rings. The van der Waals surface area contributed by atoms with Gasteiger partial charge in [-0.2, -0.15) is 4.98 Å². The van der Waals surface area contributed by atoms with Crippen LogP contribution in [0.4, 0.5) is 0 Å². The predicted octanol–water partition coefficient (Wildman–Crippen LogP) is 3.14. The molecule has 0 aromatic carbocycles. The highest BCUT2D eigenvalue weighted by molar-refractivity contribution is 7.09. The van der Waals surface area contributed by atoms with Gasteiger partial charge in [0.2, 0.25) is 5.89 Å². The molecule has 0 atom stereocenters. The quantitative estimate of drug-likeness (QED) is 0.859. The molecule has 1 fully saturated rings. The van der Waals surface area contributed by atoms with Crippen LogP contribution in [0.15, 0.2) is 22.0 Å². The minimum atomic E-state index is -0.0575. The van der Waals surface area contributed by atoms with Crippen molar-refractivity contribution in [2.75, 3.05) is 26.2 Å². The summed E-state index contributed by atoms with van der Waals surface area (Å²) in [4.78, 5) is 11.0. The van der Waals surface area contributed by atoms with Crippen molar-refractivity contribution in [3.63, 3.8) is 0 Å². The van der Waals surface area contributed by atoms with E-state index in [4.69, 9.17) is 4.52 Å². The highest BCUT2D eigenvalue weighted by Gasteiger charge is 2.22. The van der Waals surface area contributed by atoms with Gasteiger partial charge in [-0.25, -0.2) is 0 Å². The summed E-state index contributed by atoms with van der Waals surface area (Å²) < 4.78 is 5.43. The Kier molecular flexibility index (Phi) is 5.14. The first-order valence-electron chi connectivity index (χ1n) is 8.31. The van der Waals surface area contributed by atoms with Crippen LogP contribution in [0, 0.1) is 0 Å².